The van der Waals surface area contributed by atoms with Crippen LogP contribution in [0, 0.1) is 0 Å². The first-order valence-electron chi connectivity index (χ1n) is 9.25. The molecule has 3 rings (SSSR count). The lowest BCUT2D eigenvalue weighted by Gasteiger charge is -2.22. The van der Waals surface area contributed by atoms with Crippen LogP contribution in [0.25, 0.3) is 0 Å². The molecule has 0 radical (unpaired) electrons. The summed E-state index contributed by atoms with van der Waals surface area (Å²) >= 11 is 0. The van der Waals surface area contributed by atoms with Gasteiger partial charge < -0.3 is 19.3 Å². The quantitative estimate of drug-likeness (QED) is 0.780. The van der Waals surface area contributed by atoms with E-state index in [-0.39, 0.29) is 11.9 Å². The molecule has 1 saturated heterocycles. The van der Waals surface area contributed by atoms with E-state index in [0.29, 0.717) is 25.5 Å². The van der Waals surface area contributed by atoms with E-state index in [1.807, 2.05) is 19.1 Å². The molecule has 1 N–H and O–H groups in total. The van der Waals surface area contributed by atoms with E-state index in [0.717, 1.165) is 43.0 Å². The van der Waals surface area contributed by atoms with Gasteiger partial charge in [0.25, 0.3) is 0 Å². The Hall–Kier alpha value is -2.34. The highest BCUT2D eigenvalue weighted by molar-refractivity contribution is 5.29. The summed E-state index contributed by atoms with van der Waals surface area (Å²) in [6, 6.07) is 7.08. The van der Waals surface area contributed by atoms with Gasteiger partial charge in [0.1, 0.15) is 18.1 Å². The average Bonchev–Trinajstić information content (AvgIpc) is 2.67. The number of nitrogens with zero attached hydrogens (tertiary/aromatic N) is 2. The number of aryl methyl sites for hydroxylation is 2. The lowest BCUT2D eigenvalue weighted by atomic mass is 10.1. The zero-order chi connectivity index (χ0) is 18.2. The van der Waals surface area contributed by atoms with Crippen LogP contribution in [0.5, 0.6) is 17.4 Å². The largest absolute Gasteiger partial charge is 0.508 e. The zero-order valence-corrected chi connectivity index (χ0v) is 15.2. The van der Waals surface area contributed by atoms with Crippen molar-refractivity contribution in [1.82, 2.24) is 9.97 Å². The summed E-state index contributed by atoms with van der Waals surface area (Å²) in [5, 5.41) is 9.94. The zero-order valence-electron chi connectivity index (χ0n) is 15.2. The van der Waals surface area contributed by atoms with Gasteiger partial charge in [-0.1, -0.05) is 0 Å². The van der Waals surface area contributed by atoms with Crippen molar-refractivity contribution in [3.8, 4) is 17.4 Å². The Morgan fingerprint density at radius 1 is 1.15 bits per heavy atom. The third kappa shape index (κ3) is 5.59. The van der Waals surface area contributed by atoms with Crippen molar-refractivity contribution in [2.24, 2.45) is 0 Å². The van der Waals surface area contributed by atoms with Crippen LogP contribution >= 0.6 is 0 Å². The van der Waals surface area contributed by atoms with Crippen molar-refractivity contribution in [2.75, 3.05) is 19.8 Å². The van der Waals surface area contributed by atoms with Crippen molar-refractivity contribution in [3.63, 3.8) is 0 Å². The summed E-state index contributed by atoms with van der Waals surface area (Å²) in [4.78, 5) is 8.88. The van der Waals surface area contributed by atoms with Crippen LogP contribution in [0.3, 0.4) is 0 Å². The summed E-state index contributed by atoms with van der Waals surface area (Å²) in [6.07, 6.45) is 6.54. The Labute approximate surface area is 154 Å². The maximum Gasteiger partial charge on any atom is 0.217 e. The number of pyridine rings is 2. The number of aromatic hydroxyl groups is 1. The van der Waals surface area contributed by atoms with Crippen LogP contribution in [-0.4, -0.2) is 41.0 Å². The number of rotatable bonds is 8. The molecule has 2 aromatic rings. The van der Waals surface area contributed by atoms with E-state index >= 15 is 0 Å². The van der Waals surface area contributed by atoms with Crippen molar-refractivity contribution >= 4 is 0 Å². The van der Waals surface area contributed by atoms with Gasteiger partial charge in [0.05, 0.1) is 18.9 Å². The van der Waals surface area contributed by atoms with Crippen LogP contribution in [0.1, 0.15) is 37.6 Å². The van der Waals surface area contributed by atoms with Gasteiger partial charge in [0, 0.05) is 30.1 Å². The van der Waals surface area contributed by atoms with E-state index in [9.17, 15) is 5.11 Å². The summed E-state index contributed by atoms with van der Waals surface area (Å²) in [5.74, 6) is 1.37. The SMILES string of the molecule is CCOc1ccc(CCc2cc(O)cc(OCC3CCCCO3)n2)nc1. The lowest BCUT2D eigenvalue weighted by molar-refractivity contribution is -0.0120. The molecule has 1 unspecified atom stereocenters. The third-order valence-electron chi connectivity index (χ3n) is 4.28. The molecule has 140 valence electrons. The number of aromatic nitrogens is 2. The minimum Gasteiger partial charge on any atom is -0.508 e. The summed E-state index contributed by atoms with van der Waals surface area (Å²) < 4.78 is 16.8. The first-order chi connectivity index (χ1) is 12.7. The van der Waals surface area contributed by atoms with Crippen LogP contribution in [0.4, 0.5) is 0 Å². The van der Waals surface area contributed by atoms with E-state index in [1.165, 1.54) is 6.42 Å². The molecule has 0 saturated carbocycles. The molecule has 2 aromatic heterocycles. The fourth-order valence-corrected chi connectivity index (χ4v) is 2.93. The molecule has 6 nitrogen and oxygen atoms in total. The third-order valence-corrected chi connectivity index (χ3v) is 4.28. The van der Waals surface area contributed by atoms with Crippen molar-refractivity contribution in [3.05, 3.63) is 41.9 Å². The Balaban J connectivity index is 1.54. The normalized spacial score (nSPS) is 17.0. The Morgan fingerprint density at radius 2 is 2.04 bits per heavy atom. The molecule has 1 aliphatic heterocycles. The summed E-state index contributed by atoms with van der Waals surface area (Å²) in [5.41, 5.74) is 1.73. The maximum atomic E-state index is 9.94. The molecule has 1 atom stereocenters. The number of hydrogen-bond acceptors (Lipinski definition) is 6. The van der Waals surface area contributed by atoms with Crippen LogP contribution in [-0.2, 0) is 17.6 Å². The van der Waals surface area contributed by atoms with Crippen LogP contribution in [0.15, 0.2) is 30.5 Å². The van der Waals surface area contributed by atoms with Gasteiger partial charge in [0.15, 0.2) is 0 Å². The second-order valence-electron chi connectivity index (χ2n) is 6.37. The Kier molecular flexibility index (Phi) is 6.66. The first-order valence-corrected chi connectivity index (χ1v) is 9.25. The molecule has 6 heteroatoms. The molecule has 3 heterocycles. The standard InChI is InChI=1S/C20H26N2O4/c1-2-24-18-9-8-15(21-13-18)6-7-16-11-17(23)12-20(22-16)26-14-19-5-3-4-10-25-19/h8-9,11-13,19H,2-7,10,14H2,1H3,(H,22,23). The molecule has 0 aromatic carbocycles. The second-order valence-corrected chi connectivity index (χ2v) is 6.37. The van der Waals surface area contributed by atoms with Gasteiger partial charge in [-0.3, -0.25) is 4.98 Å². The van der Waals surface area contributed by atoms with Crippen molar-refractivity contribution in [1.29, 1.82) is 0 Å². The molecule has 0 aliphatic carbocycles. The molecule has 0 bridgehead atoms. The highest BCUT2D eigenvalue weighted by atomic mass is 16.5. The van der Waals surface area contributed by atoms with E-state index in [2.05, 4.69) is 9.97 Å². The molecule has 0 amide bonds. The molecule has 1 aliphatic rings. The number of ether oxygens (including phenoxy) is 3. The predicted molar refractivity (Wildman–Crippen MR) is 97.8 cm³/mol. The van der Waals surface area contributed by atoms with Gasteiger partial charge >= 0.3 is 0 Å². The Morgan fingerprint density at radius 3 is 2.77 bits per heavy atom. The van der Waals surface area contributed by atoms with Gasteiger partial charge in [0.2, 0.25) is 5.88 Å². The highest BCUT2D eigenvalue weighted by Gasteiger charge is 2.15. The average molecular weight is 358 g/mol. The maximum absolute atomic E-state index is 9.94. The summed E-state index contributed by atoms with van der Waals surface area (Å²) in [7, 11) is 0. The van der Waals surface area contributed by atoms with Crippen molar-refractivity contribution in [2.45, 2.75) is 45.1 Å². The lowest BCUT2D eigenvalue weighted by Crippen LogP contribution is -2.26. The highest BCUT2D eigenvalue weighted by Crippen LogP contribution is 2.21. The molecular formula is C20H26N2O4. The fraction of sp³-hybridized carbons (Fsp3) is 0.500. The molecule has 26 heavy (non-hydrogen) atoms. The first kappa shape index (κ1) is 18.5. The molecular weight excluding hydrogens is 332 g/mol. The monoisotopic (exact) mass is 358 g/mol. The fourth-order valence-electron chi connectivity index (χ4n) is 2.93. The minimum absolute atomic E-state index is 0.115. The van der Waals surface area contributed by atoms with Gasteiger partial charge in [-0.15, -0.1) is 0 Å². The molecule has 0 spiro atoms. The van der Waals surface area contributed by atoms with E-state index < -0.39 is 0 Å². The van der Waals surface area contributed by atoms with Crippen LogP contribution in [0.2, 0.25) is 0 Å². The van der Waals surface area contributed by atoms with Crippen molar-refractivity contribution < 1.29 is 19.3 Å². The van der Waals surface area contributed by atoms with Gasteiger partial charge in [-0.05, 0) is 51.2 Å². The topological polar surface area (TPSA) is 73.7 Å². The number of hydrogen-bond donors (Lipinski definition) is 1. The minimum atomic E-state index is 0.115. The predicted octanol–water partition coefficient (Wildman–Crippen LogP) is 3.31. The smallest absolute Gasteiger partial charge is 0.217 e. The summed E-state index contributed by atoms with van der Waals surface area (Å²) in [6.45, 7) is 3.84. The Bertz CT molecular complexity index is 685. The van der Waals surface area contributed by atoms with Crippen LogP contribution < -0.4 is 9.47 Å². The van der Waals surface area contributed by atoms with E-state index in [1.54, 1.807) is 18.3 Å². The van der Waals surface area contributed by atoms with Gasteiger partial charge in [-0.2, -0.15) is 0 Å². The van der Waals surface area contributed by atoms with E-state index in [4.69, 9.17) is 14.2 Å². The molecule has 1 fully saturated rings. The van der Waals surface area contributed by atoms with Gasteiger partial charge in [-0.25, -0.2) is 4.98 Å². The second kappa shape index (κ2) is 9.38.